The van der Waals surface area contributed by atoms with Crippen LogP contribution in [0.25, 0.3) is 0 Å². The maximum atomic E-state index is 12.8. The molecular formula is C30H34N2O3S. The molecule has 0 radical (unpaired) electrons. The highest BCUT2D eigenvalue weighted by Crippen LogP contribution is 2.44. The maximum Gasteiger partial charge on any atom is 0.255 e. The Morgan fingerprint density at radius 2 is 1.72 bits per heavy atom. The van der Waals surface area contributed by atoms with Gasteiger partial charge >= 0.3 is 0 Å². The van der Waals surface area contributed by atoms with Gasteiger partial charge in [0.2, 0.25) is 5.91 Å². The molecule has 3 aromatic carbocycles. The summed E-state index contributed by atoms with van der Waals surface area (Å²) in [6, 6.07) is 23.3. The zero-order valence-corrected chi connectivity index (χ0v) is 21.9. The number of nitrogens with one attached hydrogen (secondary N) is 1. The number of thioether (sulfide) groups is 1. The largest absolute Gasteiger partial charge is 0.492 e. The Balaban J connectivity index is 1.41. The van der Waals surface area contributed by atoms with Crippen LogP contribution in [0, 0.1) is 0 Å². The lowest BCUT2D eigenvalue weighted by Crippen LogP contribution is -2.28. The van der Waals surface area contributed by atoms with E-state index in [1.165, 1.54) is 31.2 Å². The molecule has 1 unspecified atom stereocenters. The van der Waals surface area contributed by atoms with Crippen molar-refractivity contribution >= 4 is 35.0 Å². The normalized spacial score (nSPS) is 15.2. The molecule has 0 bridgehead atoms. The van der Waals surface area contributed by atoms with E-state index in [9.17, 15) is 9.59 Å². The fourth-order valence-electron chi connectivity index (χ4n) is 4.38. The lowest BCUT2D eigenvalue weighted by Gasteiger charge is -2.26. The van der Waals surface area contributed by atoms with Gasteiger partial charge in [-0.1, -0.05) is 62.6 Å². The van der Waals surface area contributed by atoms with Crippen molar-refractivity contribution in [2.75, 3.05) is 22.6 Å². The molecule has 4 rings (SSSR count). The van der Waals surface area contributed by atoms with Crippen LogP contribution in [0.15, 0.2) is 72.8 Å². The van der Waals surface area contributed by atoms with E-state index in [-0.39, 0.29) is 17.2 Å². The molecule has 1 N–H and O–H groups in total. The second kappa shape index (κ2) is 12.6. The van der Waals surface area contributed by atoms with Gasteiger partial charge in [-0.05, 0) is 67.3 Å². The van der Waals surface area contributed by atoms with Crippen LogP contribution < -0.4 is 15.0 Å². The molecule has 0 saturated carbocycles. The summed E-state index contributed by atoms with van der Waals surface area (Å²) >= 11 is 1.59. The first-order valence-corrected chi connectivity index (χ1v) is 13.8. The molecule has 1 aliphatic rings. The molecule has 1 atom stereocenters. The molecule has 5 nitrogen and oxygen atoms in total. The molecule has 188 valence electrons. The molecule has 1 saturated heterocycles. The van der Waals surface area contributed by atoms with E-state index in [4.69, 9.17) is 4.74 Å². The van der Waals surface area contributed by atoms with E-state index < -0.39 is 0 Å². The number of nitrogens with zero attached hydrogens (tertiary/aromatic N) is 1. The number of carbonyl (C=O) groups is 2. The molecule has 36 heavy (non-hydrogen) atoms. The molecule has 1 aliphatic heterocycles. The highest BCUT2D eigenvalue weighted by molar-refractivity contribution is 8.00. The molecule has 2 amide bonds. The molecule has 0 aromatic heterocycles. The third kappa shape index (κ3) is 6.30. The first-order chi connectivity index (χ1) is 17.6. The topological polar surface area (TPSA) is 58.6 Å². The zero-order valence-electron chi connectivity index (χ0n) is 21.0. The molecular weight excluding hydrogens is 468 g/mol. The lowest BCUT2D eigenvalue weighted by atomic mass is 10.0. The van der Waals surface area contributed by atoms with Crippen LogP contribution in [-0.2, 0) is 11.2 Å². The second-order valence-corrected chi connectivity index (χ2v) is 9.98. The first-order valence-electron chi connectivity index (χ1n) is 12.8. The molecule has 1 fully saturated rings. The number of amides is 2. The van der Waals surface area contributed by atoms with Crippen molar-refractivity contribution in [1.29, 1.82) is 0 Å². The average molecular weight is 503 g/mol. The Labute approximate surface area is 218 Å². The van der Waals surface area contributed by atoms with Crippen LogP contribution in [0.2, 0.25) is 0 Å². The van der Waals surface area contributed by atoms with Gasteiger partial charge in [0, 0.05) is 11.3 Å². The van der Waals surface area contributed by atoms with Crippen LogP contribution in [0.4, 0.5) is 11.4 Å². The summed E-state index contributed by atoms with van der Waals surface area (Å²) in [4.78, 5) is 27.4. The standard InChI is InChI=1S/C30H34N2O3S/c1-3-5-6-7-10-22-13-15-23(16-14-22)29(34)31-25-19-17-24(18-20-25)30-32(28(33)21-36-30)26-11-8-9-12-27(26)35-4-2/h8-9,11-20,30H,3-7,10,21H2,1-2H3,(H,31,34). The highest BCUT2D eigenvalue weighted by Gasteiger charge is 2.35. The second-order valence-electron chi connectivity index (χ2n) is 8.91. The number of carbonyl (C=O) groups excluding carboxylic acids is 2. The third-order valence-electron chi connectivity index (χ3n) is 6.28. The smallest absolute Gasteiger partial charge is 0.255 e. The molecule has 1 heterocycles. The minimum Gasteiger partial charge on any atom is -0.492 e. The van der Waals surface area contributed by atoms with E-state index in [2.05, 4.69) is 12.2 Å². The maximum absolute atomic E-state index is 12.8. The van der Waals surface area contributed by atoms with Gasteiger partial charge in [-0.25, -0.2) is 0 Å². The number of hydrogen-bond acceptors (Lipinski definition) is 4. The van der Waals surface area contributed by atoms with Crippen LogP contribution >= 0.6 is 11.8 Å². The van der Waals surface area contributed by atoms with E-state index in [0.717, 1.165) is 23.4 Å². The summed E-state index contributed by atoms with van der Waals surface area (Å²) in [6.45, 7) is 4.69. The number of hydrogen-bond donors (Lipinski definition) is 1. The first kappa shape index (κ1) is 25.8. The lowest BCUT2D eigenvalue weighted by molar-refractivity contribution is -0.115. The molecule has 0 aliphatic carbocycles. The van der Waals surface area contributed by atoms with Crippen LogP contribution in [-0.4, -0.2) is 24.2 Å². The number of para-hydroxylation sites is 2. The highest BCUT2D eigenvalue weighted by atomic mass is 32.2. The Morgan fingerprint density at radius 3 is 2.44 bits per heavy atom. The van der Waals surface area contributed by atoms with Gasteiger partial charge in [-0.3, -0.25) is 14.5 Å². The Kier molecular flexibility index (Phi) is 9.06. The predicted octanol–water partition coefficient (Wildman–Crippen LogP) is 7.24. The zero-order chi connectivity index (χ0) is 25.3. The summed E-state index contributed by atoms with van der Waals surface area (Å²) in [5.41, 5.74) is 4.43. The van der Waals surface area contributed by atoms with E-state index in [0.29, 0.717) is 23.7 Å². The minimum absolute atomic E-state index is 0.0587. The Bertz CT molecular complexity index is 1160. The van der Waals surface area contributed by atoms with Gasteiger partial charge < -0.3 is 10.1 Å². The van der Waals surface area contributed by atoms with Crippen molar-refractivity contribution in [1.82, 2.24) is 0 Å². The molecule has 6 heteroatoms. The van der Waals surface area contributed by atoms with Gasteiger partial charge in [0.05, 0.1) is 18.0 Å². The number of rotatable bonds is 11. The minimum atomic E-state index is -0.145. The fraction of sp³-hybridized carbons (Fsp3) is 0.333. The number of unbranched alkanes of at least 4 members (excludes halogenated alkanes) is 3. The van der Waals surface area contributed by atoms with Gasteiger partial charge in [-0.15, -0.1) is 11.8 Å². The number of anilines is 2. The van der Waals surface area contributed by atoms with E-state index in [1.807, 2.05) is 84.6 Å². The Hall–Kier alpha value is -3.25. The number of ether oxygens (including phenoxy) is 1. The van der Waals surface area contributed by atoms with Crippen LogP contribution in [0.3, 0.4) is 0 Å². The summed E-state index contributed by atoms with van der Waals surface area (Å²) in [6.07, 6.45) is 5.99. The summed E-state index contributed by atoms with van der Waals surface area (Å²) < 4.78 is 5.77. The SMILES string of the molecule is CCCCCCc1ccc(C(=O)Nc2ccc(C3SCC(=O)N3c3ccccc3OCC)cc2)cc1. The van der Waals surface area contributed by atoms with E-state index >= 15 is 0 Å². The third-order valence-corrected chi connectivity index (χ3v) is 7.49. The number of aryl methyl sites for hydroxylation is 1. The van der Waals surface area contributed by atoms with Crippen molar-refractivity contribution in [2.24, 2.45) is 0 Å². The van der Waals surface area contributed by atoms with Crippen LogP contribution in [0.5, 0.6) is 5.75 Å². The van der Waals surface area contributed by atoms with Gasteiger partial charge in [0.1, 0.15) is 11.1 Å². The van der Waals surface area contributed by atoms with Gasteiger partial charge in [0.25, 0.3) is 5.91 Å². The summed E-state index contributed by atoms with van der Waals surface area (Å²) in [5, 5.41) is 2.84. The van der Waals surface area contributed by atoms with E-state index in [1.54, 1.807) is 11.8 Å². The monoisotopic (exact) mass is 502 g/mol. The van der Waals surface area contributed by atoms with Crippen molar-refractivity contribution in [2.45, 2.75) is 51.3 Å². The van der Waals surface area contributed by atoms with Crippen molar-refractivity contribution in [3.63, 3.8) is 0 Å². The van der Waals surface area contributed by atoms with Crippen LogP contribution in [0.1, 0.15) is 66.4 Å². The molecule has 0 spiro atoms. The summed E-state index contributed by atoms with van der Waals surface area (Å²) in [5.74, 6) is 1.05. The van der Waals surface area contributed by atoms with Crippen molar-refractivity contribution < 1.29 is 14.3 Å². The van der Waals surface area contributed by atoms with Crippen molar-refractivity contribution in [3.05, 3.63) is 89.5 Å². The Morgan fingerprint density at radius 1 is 0.972 bits per heavy atom. The summed E-state index contributed by atoms with van der Waals surface area (Å²) in [7, 11) is 0. The fourth-order valence-corrected chi connectivity index (χ4v) is 5.55. The number of benzene rings is 3. The van der Waals surface area contributed by atoms with Gasteiger partial charge in [0.15, 0.2) is 0 Å². The molecule has 3 aromatic rings. The quantitative estimate of drug-likeness (QED) is 0.281. The van der Waals surface area contributed by atoms with Gasteiger partial charge in [-0.2, -0.15) is 0 Å². The van der Waals surface area contributed by atoms with Crippen molar-refractivity contribution in [3.8, 4) is 5.75 Å². The average Bonchev–Trinajstić information content (AvgIpc) is 3.29. The predicted molar refractivity (Wildman–Crippen MR) is 149 cm³/mol.